The standard InChI is InChI=1S/C20H29N3O4/c1-3-25-19(24)16-7-9-23(10-8-16)20(21-2)22-14-15-5-6-17-18(13-15)27-12-4-11-26-17/h5-6,13,16H,3-4,7-12,14H2,1-2H3,(H,21,22). The number of benzene rings is 1. The molecule has 1 saturated heterocycles. The third kappa shape index (κ3) is 5.05. The Morgan fingerprint density at radius 3 is 2.70 bits per heavy atom. The fourth-order valence-electron chi connectivity index (χ4n) is 3.42. The van der Waals surface area contributed by atoms with E-state index in [9.17, 15) is 4.79 Å². The highest BCUT2D eigenvalue weighted by molar-refractivity contribution is 5.80. The van der Waals surface area contributed by atoms with Gasteiger partial charge in [-0.2, -0.15) is 0 Å². The number of ether oxygens (including phenoxy) is 3. The van der Waals surface area contributed by atoms with Gasteiger partial charge >= 0.3 is 5.97 Å². The topological polar surface area (TPSA) is 72.4 Å². The highest BCUT2D eigenvalue weighted by atomic mass is 16.5. The highest BCUT2D eigenvalue weighted by Gasteiger charge is 2.27. The van der Waals surface area contributed by atoms with Gasteiger partial charge in [0.2, 0.25) is 0 Å². The summed E-state index contributed by atoms with van der Waals surface area (Å²) in [5.41, 5.74) is 1.11. The molecule has 0 atom stereocenters. The molecular weight excluding hydrogens is 346 g/mol. The summed E-state index contributed by atoms with van der Waals surface area (Å²) in [7, 11) is 1.79. The molecule has 1 aromatic rings. The second kappa shape index (κ2) is 9.48. The second-order valence-corrected chi connectivity index (χ2v) is 6.75. The number of hydrogen-bond acceptors (Lipinski definition) is 5. The zero-order valence-corrected chi connectivity index (χ0v) is 16.2. The van der Waals surface area contributed by atoms with Crippen molar-refractivity contribution >= 4 is 11.9 Å². The molecule has 1 aromatic carbocycles. The Kier molecular flexibility index (Phi) is 6.79. The molecular formula is C20H29N3O4. The lowest BCUT2D eigenvalue weighted by Gasteiger charge is -2.33. The van der Waals surface area contributed by atoms with Crippen molar-refractivity contribution in [1.29, 1.82) is 0 Å². The molecule has 3 rings (SSSR count). The third-order valence-electron chi connectivity index (χ3n) is 4.89. The number of guanidine groups is 1. The van der Waals surface area contributed by atoms with E-state index in [0.29, 0.717) is 26.4 Å². The molecule has 27 heavy (non-hydrogen) atoms. The van der Waals surface area contributed by atoms with E-state index in [0.717, 1.165) is 55.4 Å². The van der Waals surface area contributed by atoms with Crippen LogP contribution in [0.5, 0.6) is 11.5 Å². The highest BCUT2D eigenvalue weighted by Crippen LogP contribution is 2.30. The van der Waals surface area contributed by atoms with Crippen molar-refractivity contribution in [2.45, 2.75) is 32.7 Å². The lowest BCUT2D eigenvalue weighted by atomic mass is 9.97. The van der Waals surface area contributed by atoms with Crippen LogP contribution in [-0.4, -0.2) is 56.8 Å². The minimum Gasteiger partial charge on any atom is -0.490 e. The molecule has 7 nitrogen and oxygen atoms in total. The van der Waals surface area contributed by atoms with Crippen LogP contribution in [0, 0.1) is 5.92 Å². The van der Waals surface area contributed by atoms with Crippen LogP contribution < -0.4 is 14.8 Å². The molecule has 1 fully saturated rings. The predicted molar refractivity (Wildman–Crippen MR) is 103 cm³/mol. The van der Waals surface area contributed by atoms with Crippen molar-refractivity contribution in [3.05, 3.63) is 23.8 Å². The van der Waals surface area contributed by atoms with Crippen LogP contribution in [0.3, 0.4) is 0 Å². The lowest BCUT2D eigenvalue weighted by molar-refractivity contribution is -0.149. The molecule has 0 spiro atoms. The number of rotatable bonds is 4. The Morgan fingerprint density at radius 1 is 1.26 bits per heavy atom. The first-order valence-electron chi connectivity index (χ1n) is 9.72. The Bertz CT molecular complexity index is 669. The zero-order chi connectivity index (χ0) is 19.1. The van der Waals surface area contributed by atoms with Gasteiger partial charge in [0.25, 0.3) is 0 Å². The van der Waals surface area contributed by atoms with Crippen molar-refractivity contribution in [3.63, 3.8) is 0 Å². The number of nitrogens with zero attached hydrogens (tertiary/aromatic N) is 2. The van der Waals surface area contributed by atoms with E-state index in [4.69, 9.17) is 14.2 Å². The molecule has 0 unspecified atom stereocenters. The number of carbonyl (C=O) groups is 1. The van der Waals surface area contributed by atoms with E-state index in [1.165, 1.54) is 0 Å². The van der Waals surface area contributed by atoms with Gasteiger partial charge < -0.3 is 24.4 Å². The van der Waals surface area contributed by atoms with Crippen LogP contribution in [0.15, 0.2) is 23.2 Å². The molecule has 2 aliphatic rings. The van der Waals surface area contributed by atoms with Crippen molar-refractivity contribution in [2.75, 3.05) is 40.0 Å². The molecule has 148 valence electrons. The average Bonchev–Trinajstić information content (AvgIpc) is 2.94. The van der Waals surface area contributed by atoms with Crippen molar-refractivity contribution in [3.8, 4) is 11.5 Å². The molecule has 0 amide bonds. The van der Waals surface area contributed by atoms with Crippen LogP contribution in [0.25, 0.3) is 0 Å². The predicted octanol–water partition coefficient (Wildman–Crippen LogP) is 2.20. The Balaban J connectivity index is 1.53. The van der Waals surface area contributed by atoms with Gasteiger partial charge in [-0.25, -0.2) is 0 Å². The van der Waals surface area contributed by atoms with E-state index in [1.54, 1.807) is 7.05 Å². The summed E-state index contributed by atoms with van der Waals surface area (Å²) in [4.78, 5) is 18.5. The fourth-order valence-corrected chi connectivity index (χ4v) is 3.42. The monoisotopic (exact) mass is 375 g/mol. The number of nitrogens with one attached hydrogen (secondary N) is 1. The first-order chi connectivity index (χ1) is 13.2. The molecule has 0 saturated carbocycles. The van der Waals surface area contributed by atoms with Crippen LogP contribution in [0.4, 0.5) is 0 Å². The fraction of sp³-hybridized carbons (Fsp3) is 0.600. The number of piperidine rings is 1. The SMILES string of the molecule is CCOC(=O)C1CCN(C(=NC)NCc2ccc3c(c2)OCCCO3)CC1. The van der Waals surface area contributed by atoms with Gasteiger partial charge in [0.05, 0.1) is 25.7 Å². The van der Waals surface area contributed by atoms with Crippen molar-refractivity contribution < 1.29 is 19.0 Å². The number of esters is 1. The maximum absolute atomic E-state index is 11.9. The quantitative estimate of drug-likeness (QED) is 0.494. The summed E-state index contributed by atoms with van der Waals surface area (Å²) in [6.07, 6.45) is 2.49. The van der Waals surface area contributed by atoms with Gasteiger partial charge in [0, 0.05) is 33.1 Å². The van der Waals surface area contributed by atoms with Crippen LogP contribution in [-0.2, 0) is 16.1 Å². The number of fused-ring (bicyclic) bond motifs is 1. The van der Waals surface area contributed by atoms with Gasteiger partial charge in [0.15, 0.2) is 17.5 Å². The van der Waals surface area contributed by atoms with Crippen LogP contribution in [0.1, 0.15) is 31.7 Å². The lowest BCUT2D eigenvalue weighted by Crippen LogP contribution is -2.46. The van der Waals surface area contributed by atoms with E-state index >= 15 is 0 Å². The molecule has 7 heteroatoms. The Morgan fingerprint density at radius 2 is 2.00 bits per heavy atom. The van der Waals surface area contributed by atoms with Gasteiger partial charge in [-0.1, -0.05) is 6.07 Å². The van der Waals surface area contributed by atoms with Gasteiger partial charge in [-0.3, -0.25) is 9.79 Å². The van der Waals surface area contributed by atoms with E-state index in [2.05, 4.69) is 15.2 Å². The van der Waals surface area contributed by atoms with Crippen molar-refractivity contribution in [2.24, 2.45) is 10.9 Å². The first kappa shape index (κ1) is 19.3. The molecule has 2 heterocycles. The summed E-state index contributed by atoms with van der Waals surface area (Å²) in [5, 5.41) is 3.41. The van der Waals surface area contributed by atoms with Gasteiger partial charge in [-0.15, -0.1) is 0 Å². The minimum atomic E-state index is -0.0766. The largest absolute Gasteiger partial charge is 0.490 e. The third-order valence-corrected chi connectivity index (χ3v) is 4.89. The molecule has 2 aliphatic heterocycles. The smallest absolute Gasteiger partial charge is 0.309 e. The zero-order valence-electron chi connectivity index (χ0n) is 16.2. The summed E-state index contributed by atoms with van der Waals surface area (Å²) in [6.45, 7) is 5.91. The van der Waals surface area contributed by atoms with Gasteiger partial charge in [0.1, 0.15) is 0 Å². The molecule has 1 N–H and O–H groups in total. The molecule has 0 aromatic heterocycles. The maximum Gasteiger partial charge on any atom is 0.309 e. The van der Waals surface area contributed by atoms with E-state index < -0.39 is 0 Å². The summed E-state index contributed by atoms with van der Waals surface area (Å²) in [6, 6.07) is 6.03. The number of carbonyl (C=O) groups excluding carboxylic acids is 1. The van der Waals surface area contributed by atoms with Gasteiger partial charge in [-0.05, 0) is 37.5 Å². The first-order valence-corrected chi connectivity index (χ1v) is 9.72. The van der Waals surface area contributed by atoms with Crippen LogP contribution >= 0.6 is 0 Å². The Labute approximate surface area is 160 Å². The number of likely N-dealkylation sites (tertiary alicyclic amines) is 1. The van der Waals surface area contributed by atoms with E-state index in [1.807, 2.05) is 25.1 Å². The average molecular weight is 375 g/mol. The van der Waals surface area contributed by atoms with E-state index in [-0.39, 0.29) is 11.9 Å². The number of aliphatic imine (C=N–C) groups is 1. The minimum absolute atomic E-state index is 0.000959. The van der Waals surface area contributed by atoms with Crippen LogP contribution in [0.2, 0.25) is 0 Å². The number of hydrogen-bond donors (Lipinski definition) is 1. The maximum atomic E-state index is 11.9. The normalized spacial score (nSPS) is 18.0. The summed E-state index contributed by atoms with van der Waals surface area (Å²) < 4.78 is 16.6. The Hall–Kier alpha value is -2.44. The van der Waals surface area contributed by atoms with Crippen molar-refractivity contribution in [1.82, 2.24) is 10.2 Å². The molecule has 0 aliphatic carbocycles. The molecule has 0 radical (unpaired) electrons. The summed E-state index contributed by atoms with van der Waals surface area (Å²) >= 11 is 0. The molecule has 0 bridgehead atoms. The second-order valence-electron chi connectivity index (χ2n) is 6.75. The summed E-state index contributed by atoms with van der Waals surface area (Å²) in [5.74, 6) is 2.39.